The average Bonchev–Trinajstić information content (AvgIpc) is 2.77. The summed E-state index contributed by atoms with van der Waals surface area (Å²) in [7, 11) is 0. The molecule has 0 spiro atoms. The molecular weight excluding hydrogens is 212 g/mol. The topological polar surface area (TPSA) is 41.1 Å². The quantitative estimate of drug-likeness (QED) is 0.838. The zero-order valence-corrected chi connectivity index (χ0v) is 10.5. The first-order chi connectivity index (χ1) is 8.19. The Kier molecular flexibility index (Phi) is 3.79. The van der Waals surface area contributed by atoms with Crippen molar-refractivity contribution in [1.29, 1.82) is 0 Å². The Morgan fingerprint density at radius 3 is 2.65 bits per heavy atom. The van der Waals surface area contributed by atoms with Gasteiger partial charge in [0.05, 0.1) is 6.04 Å². The van der Waals surface area contributed by atoms with Crippen LogP contribution < -0.4 is 10.6 Å². The lowest BCUT2D eigenvalue weighted by molar-refractivity contribution is -0.117. The highest BCUT2D eigenvalue weighted by molar-refractivity contribution is 5.95. The van der Waals surface area contributed by atoms with Gasteiger partial charge < -0.3 is 10.6 Å². The van der Waals surface area contributed by atoms with Gasteiger partial charge in [-0.15, -0.1) is 0 Å². The Morgan fingerprint density at radius 2 is 2.12 bits per heavy atom. The minimum absolute atomic E-state index is 0.0316. The molecule has 1 aliphatic rings. The van der Waals surface area contributed by atoms with Crippen LogP contribution in [0.1, 0.15) is 25.8 Å². The molecule has 1 heterocycles. The standard InChI is InChI=1S/C14H20N2O/c1-3-11-4-6-12(7-5-11)16-14(17)13-8-10(2)9-15-13/h4-7,10,13,15H,3,8-9H2,1-2H3,(H,16,17). The van der Waals surface area contributed by atoms with E-state index >= 15 is 0 Å². The highest BCUT2D eigenvalue weighted by Gasteiger charge is 2.26. The Balaban J connectivity index is 1.93. The van der Waals surface area contributed by atoms with E-state index in [1.54, 1.807) is 0 Å². The summed E-state index contributed by atoms with van der Waals surface area (Å²) in [6.07, 6.45) is 1.95. The lowest BCUT2D eigenvalue weighted by Crippen LogP contribution is -2.35. The molecule has 17 heavy (non-hydrogen) atoms. The summed E-state index contributed by atoms with van der Waals surface area (Å²) in [4.78, 5) is 11.9. The fourth-order valence-electron chi connectivity index (χ4n) is 2.17. The van der Waals surface area contributed by atoms with Crippen molar-refractivity contribution >= 4 is 11.6 Å². The fraction of sp³-hybridized carbons (Fsp3) is 0.500. The number of nitrogens with one attached hydrogen (secondary N) is 2. The van der Waals surface area contributed by atoms with Crippen LogP contribution in [0.25, 0.3) is 0 Å². The summed E-state index contributed by atoms with van der Waals surface area (Å²) in [5.74, 6) is 0.673. The molecule has 1 aromatic carbocycles. The highest BCUT2D eigenvalue weighted by Crippen LogP contribution is 2.15. The molecule has 3 heteroatoms. The molecule has 2 rings (SSSR count). The summed E-state index contributed by atoms with van der Waals surface area (Å²) >= 11 is 0. The monoisotopic (exact) mass is 232 g/mol. The van der Waals surface area contributed by atoms with Crippen molar-refractivity contribution in [3.05, 3.63) is 29.8 Å². The number of carbonyl (C=O) groups is 1. The van der Waals surface area contributed by atoms with Crippen molar-refractivity contribution in [2.24, 2.45) is 5.92 Å². The van der Waals surface area contributed by atoms with Crippen LogP contribution in [0.2, 0.25) is 0 Å². The van der Waals surface area contributed by atoms with Crippen LogP contribution in [0.3, 0.4) is 0 Å². The number of benzene rings is 1. The van der Waals surface area contributed by atoms with Gasteiger partial charge in [0.1, 0.15) is 0 Å². The molecule has 1 amide bonds. The van der Waals surface area contributed by atoms with Gasteiger partial charge in [-0.25, -0.2) is 0 Å². The molecule has 0 bridgehead atoms. The molecule has 3 nitrogen and oxygen atoms in total. The highest BCUT2D eigenvalue weighted by atomic mass is 16.2. The van der Waals surface area contributed by atoms with Gasteiger partial charge >= 0.3 is 0 Å². The lowest BCUT2D eigenvalue weighted by atomic mass is 10.1. The van der Waals surface area contributed by atoms with Crippen molar-refractivity contribution < 1.29 is 4.79 Å². The predicted molar refractivity (Wildman–Crippen MR) is 70.0 cm³/mol. The van der Waals surface area contributed by atoms with Gasteiger partial charge in [0.15, 0.2) is 0 Å². The normalized spacial score (nSPS) is 23.6. The van der Waals surface area contributed by atoms with Crippen molar-refractivity contribution in [3.8, 4) is 0 Å². The molecule has 0 aromatic heterocycles. The number of hydrogen-bond acceptors (Lipinski definition) is 2. The van der Waals surface area contributed by atoms with Crippen molar-refractivity contribution in [2.75, 3.05) is 11.9 Å². The molecule has 0 radical (unpaired) electrons. The maximum Gasteiger partial charge on any atom is 0.241 e. The molecule has 2 N–H and O–H groups in total. The van der Waals surface area contributed by atoms with E-state index in [1.807, 2.05) is 12.1 Å². The van der Waals surface area contributed by atoms with E-state index in [0.717, 1.165) is 25.1 Å². The Hall–Kier alpha value is -1.35. The van der Waals surface area contributed by atoms with E-state index in [2.05, 4.69) is 36.6 Å². The van der Waals surface area contributed by atoms with E-state index in [1.165, 1.54) is 5.56 Å². The number of anilines is 1. The second-order valence-corrected chi connectivity index (χ2v) is 4.84. The van der Waals surface area contributed by atoms with Crippen molar-refractivity contribution in [1.82, 2.24) is 5.32 Å². The molecule has 1 aliphatic heterocycles. The molecule has 92 valence electrons. The van der Waals surface area contributed by atoms with Crippen LogP contribution in [0.4, 0.5) is 5.69 Å². The van der Waals surface area contributed by atoms with Gasteiger partial charge in [0.25, 0.3) is 0 Å². The van der Waals surface area contributed by atoms with Gasteiger partial charge in [-0.2, -0.15) is 0 Å². The first kappa shape index (κ1) is 12.1. The van der Waals surface area contributed by atoms with E-state index < -0.39 is 0 Å². The number of rotatable bonds is 3. The van der Waals surface area contributed by atoms with Gasteiger partial charge in [-0.1, -0.05) is 26.0 Å². The molecule has 2 unspecified atom stereocenters. The minimum atomic E-state index is -0.0316. The summed E-state index contributed by atoms with van der Waals surface area (Å²) in [5, 5.41) is 6.19. The van der Waals surface area contributed by atoms with Gasteiger partial charge in [0, 0.05) is 5.69 Å². The number of carbonyl (C=O) groups excluding carboxylic acids is 1. The van der Waals surface area contributed by atoms with Crippen LogP contribution in [0.15, 0.2) is 24.3 Å². The van der Waals surface area contributed by atoms with Gasteiger partial charge in [-0.3, -0.25) is 4.79 Å². The van der Waals surface area contributed by atoms with E-state index in [4.69, 9.17) is 0 Å². The Morgan fingerprint density at radius 1 is 1.41 bits per heavy atom. The van der Waals surface area contributed by atoms with Crippen LogP contribution in [-0.4, -0.2) is 18.5 Å². The van der Waals surface area contributed by atoms with E-state index in [-0.39, 0.29) is 11.9 Å². The van der Waals surface area contributed by atoms with Crippen molar-refractivity contribution in [2.45, 2.75) is 32.7 Å². The maximum absolute atomic E-state index is 11.9. The predicted octanol–water partition coefficient (Wildman–Crippen LogP) is 2.19. The largest absolute Gasteiger partial charge is 0.325 e. The second-order valence-electron chi connectivity index (χ2n) is 4.84. The number of aryl methyl sites for hydroxylation is 1. The van der Waals surface area contributed by atoms with Crippen molar-refractivity contribution in [3.63, 3.8) is 0 Å². The minimum Gasteiger partial charge on any atom is -0.325 e. The van der Waals surface area contributed by atoms with Gasteiger partial charge in [-0.05, 0) is 43.0 Å². The molecule has 2 atom stereocenters. The number of amides is 1. The molecule has 1 fully saturated rings. The summed E-state index contributed by atoms with van der Waals surface area (Å²) in [6.45, 7) is 5.22. The third-order valence-corrected chi connectivity index (χ3v) is 3.30. The first-order valence-corrected chi connectivity index (χ1v) is 6.32. The molecular formula is C14H20N2O. The lowest BCUT2D eigenvalue weighted by Gasteiger charge is -2.11. The molecule has 1 aromatic rings. The summed E-state index contributed by atoms with van der Waals surface area (Å²) in [5.41, 5.74) is 2.17. The summed E-state index contributed by atoms with van der Waals surface area (Å²) in [6, 6.07) is 8.01. The fourth-order valence-corrected chi connectivity index (χ4v) is 2.17. The van der Waals surface area contributed by atoms with Crippen LogP contribution >= 0.6 is 0 Å². The zero-order valence-electron chi connectivity index (χ0n) is 10.5. The zero-order chi connectivity index (χ0) is 12.3. The van der Waals surface area contributed by atoms with E-state index in [0.29, 0.717) is 5.92 Å². The molecule has 0 saturated carbocycles. The third kappa shape index (κ3) is 3.07. The van der Waals surface area contributed by atoms with Gasteiger partial charge in [0.2, 0.25) is 5.91 Å². The Bertz CT molecular complexity index is 386. The number of hydrogen-bond donors (Lipinski definition) is 2. The molecule has 0 aliphatic carbocycles. The average molecular weight is 232 g/mol. The SMILES string of the molecule is CCc1ccc(NC(=O)C2CC(C)CN2)cc1. The maximum atomic E-state index is 11.9. The smallest absolute Gasteiger partial charge is 0.241 e. The summed E-state index contributed by atoms with van der Waals surface area (Å²) < 4.78 is 0. The third-order valence-electron chi connectivity index (χ3n) is 3.30. The van der Waals surface area contributed by atoms with Crippen LogP contribution in [0.5, 0.6) is 0 Å². The Labute approximate surface area is 103 Å². The van der Waals surface area contributed by atoms with Crippen LogP contribution in [0, 0.1) is 5.92 Å². The van der Waals surface area contributed by atoms with Crippen LogP contribution in [-0.2, 0) is 11.2 Å². The van der Waals surface area contributed by atoms with E-state index in [9.17, 15) is 4.79 Å². The first-order valence-electron chi connectivity index (χ1n) is 6.32. The second kappa shape index (κ2) is 5.32. The molecule has 1 saturated heterocycles.